The number of halogens is 2. The maximum atomic E-state index is 13.6. The Hall–Kier alpha value is -2.45. The van der Waals surface area contributed by atoms with Gasteiger partial charge in [-0.2, -0.15) is 5.26 Å². The molecule has 0 radical (unpaired) electrons. The zero-order valence-corrected chi connectivity index (χ0v) is 9.73. The Balaban J connectivity index is 2.37. The summed E-state index contributed by atoms with van der Waals surface area (Å²) in [6.45, 7) is -0.556. The van der Waals surface area contributed by atoms with Gasteiger partial charge in [0.05, 0.1) is 23.8 Å². The normalized spacial score (nSPS) is 10.0. The van der Waals surface area contributed by atoms with Crippen LogP contribution < -0.4 is 4.74 Å². The Bertz CT molecular complexity index is 650. The van der Waals surface area contributed by atoms with E-state index in [1.807, 2.05) is 0 Å². The summed E-state index contributed by atoms with van der Waals surface area (Å²) in [6.07, 6.45) is 0. The molecule has 0 heterocycles. The van der Waals surface area contributed by atoms with Crippen molar-refractivity contribution >= 4 is 0 Å². The molecule has 5 heteroatoms. The molecule has 0 aromatic heterocycles. The summed E-state index contributed by atoms with van der Waals surface area (Å²) in [4.78, 5) is 0. The van der Waals surface area contributed by atoms with Gasteiger partial charge in [-0.1, -0.05) is 6.07 Å². The average molecular weight is 261 g/mol. The van der Waals surface area contributed by atoms with Crippen molar-refractivity contribution in [2.75, 3.05) is 0 Å². The van der Waals surface area contributed by atoms with E-state index in [1.54, 1.807) is 6.07 Å². The Morgan fingerprint density at radius 3 is 2.53 bits per heavy atom. The van der Waals surface area contributed by atoms with Crippen LogP contribution >= 0.6 is 0 Å². The van der Waals surface area contributed by atoms with E-state index in [-0.39, 0.29) is 22.6 Å². The summed E-state index contributed by atoms with van der Waals surface area (Å²) in [5, 5.41) is 17.7. The third-order valence-electron chi connectivity index (χ3n) is 2.51. The quantitative estimate of drug-likeness (QED) is 0.923. The van der Waals surface area contributed by atoms with Crippen LogP contribution in [0.5, 0.6) is 11.5 Å². The van der Waals surface area contributed by atoms with Crippen molar-refractivity contribution in [1.29, 1.82) is 5.26 Å². The molecule has 2 aromatic carbocycles. The van der Waals surface area contributed by atoms with Gasteiger partial charge in [-0.05, 0) is 30.3 Å². The average Bonchev–Trinajstić information content (AvgIpc) is 2.41. The number of benzene rings is 2. The zero-order valence-electron chi connectivity index (χ0n) is 9.73. The largest absolute Gasteiger partial charge is 0.454 e. The molecule has 0 aliphatic rings. The maximum absolute atomic E-state index is 13.6. The maximum Gasteiger partial charge on any atom is 0.167 e. The molecule has 0 aliphatic carbocycles. The van der Waals surface area contributed by atoms with Crippen LogP contribution in [0.15, 0.2) is 36.4 Å². The molecule has 0 saturated carbocycles. The molecule has 0 saturated heterocycles. The monoisotopic (exact) mass is 261 g/mol. The highest BCUT2D eigenvalue weighted by Crippen LogP contribution is 2.29. The van der Waals surface area contributed by atoms with Gasteiger partial charge in [0.25, 0.3) is 0 Å². The van der Waals surface area contributed by atoms with E-state index >= 15 is 0 Å². The summed E-state index contributed by atoms with van der Waals surface area (Å²) in [5.41, 5.74) is 0.109. The highest BCUT2D eigenvalue weighted by Gasteiger charge is 2.12. The molecule has 96 valence electrons. The van der Waals surface area contributed by atoms with Crippen molar-refractivity contribution in [1.82, 2.24) is 0 Å². The minimum Gasteiger partial charge on any atom is -0.454 e. The van der Waals surface area contributed by atoms with Crippen LogP contribution in [0.3, 0.4) is 0 Å². The molecule has 2 rings (SSSR count). The summed E-state index contributed by atoms with van der Waals surface area (Å²) in [6, 6.07) is 9.47. The van der Waals surface area contributed by atoms with Gasteiger partial charge in [-0.3, -0.25) is 0 Å². The zero-order chi connectivity index (χ0) is 13.8. The van der Waals surface area contributed by atoms with Crippen LogP contribution in [-0.4, -0.2) is 5.11 Å². The van der Waals surface area contributed by atoms with E-state index in [0.29, 0.717) is 0 Å². The topological polar surface area (TPSA) is 53.2 Å². The molecule has 0 fully saturated rings. The van der Waals surface area contributed by atoms with Crippen LogP contribution in [0.2, 0.25) is 0 Å². The molecule has 0 atom stereocenters. The number of hydrogen-bond donors (Lipinski definition) is 1. The first-order valence-electron chi connectivity index (χ1n) is 5.41. The lowest BCUT2D eigenvalue weighted by atomic mass is 10.2. The number of aliphatic hydroxyl groups excluding tert-OH is 1. The van der Waals surface area contributed by atoms with E-state index in [2.05, 4.69) is 0 Å². The minimum absolute atomic E-state index is 0.0334. The fourth-order valence-electron chi connectivity index (χ4n) is 1.56. The second-order valence-corrected chi connectivity index (χ2v) is 3.73. The second kappa shape index (κ2) is 5.46. The molecule has 0 aliphatic heterocycles. The van der Waals surface area contributed by atoms with E-state index in [0.717, 1.165) is 6.07 Å². The SMILES string of the molecule is N#Cc1ccc(Oc2cccc(F)c2CO)c(F)c1. The second-order valence-electron chi connectivity index (χ2n) is 3.73. The Morgan fingerprint density at radius 2 is 1.89 bits per heavy atom. The van der Waals surface area contributed by atoms with Crippen LogP contribution in [0, 0.1) is 23.0 Å². The standard InChI is InChI=1S/C14H9F2NO2/c15-11-2-1-3-13(10(11)8-18)19-14-5-4-9(7-17)6-12(14)16/h1-6,18H,8H2. The molecule has 0 amide bonds. The van der Waals surface area contributed by atoms with Gasteiger partial charge in [-0.25, -0.2) is 8.78 Å². The molecule has 0 bridgehead atoms. The Labute approximate surface area is 108 Å². The first-order valence-corrected chi connectivity index (χ1v) is 5.41. The van der Waals surface area contributed by atoms with Crippen molar-refractivity contribution in [2.45, 2.75) is 6.61 Å². The lowest BCUT2D eigenvalue weighted by Gasteiger charge is -2.11. The number of hydrogen-bond acceptors (Lipinski definition) is 3. The smallest absolute Gasteiger partial charge is 0.167 e. The van der Waals surface area contributed by atoms with Crippen LogP contribution in [0.25, 0.3) is 0 Å². The fourth-order valence-corrected chi connectivity index (χ4v) is 1.56. The molecule has 3 nitrogen and oxygen atoms in total. The summed E-state index contributed by atoms with van der Waals surface area (Å²) >= 11 is 0. The highest BCUT2D eigenvalue weighted by molar-refractivity contribution is 5.41. The Morgan fingerprint density at radius 1 is 1.11 bits per heavy atom. The predicted molar refractivity (Wildman–Crippen MR) is 63.5 cm³/mol. The van der Waals surface area contributed by atoms with Crippen molar-refractivity contribution < 1.29 is 18.6 Å². The summed E-state index contributed by atoms with van der Waals surface area (Å²) in [7, 11) is 0. The fraction of sp³-hybridized carbons (Fsp3) is 0.0714. The number of rotatable bonds is 3. The lowest BCUT2D eigenvalue weighted by molar-refractivity contribution is 0.269. The third kappa shape index (κ3) is 2.69. The van der Waals surface area contributed by atoms with E-state index in [9.17, 15) is 8.78 Å². The molecule has 2 aromatic rings. The van der Waals surface area contributed by atoms with Gasteiger partial charge in [0, 0.05) is 0 Å². The van der Waals surface area contributed by atoms with Gasteiger partial charge in [0.15, 0.2) is 11.6 Å². The van der Waals surface area contributed by atoms with Gasteiger partial charge in [-0.15, -0.1) is 0 Å². The van der Waals surface area contributed by atoms with Crippen molar-refractivity contribution in [3.05, 3.63) is 59.2 Å². The molecular formula is C14H9F2NO2. The van der Waals surface area contributed by atoms with E-state index < -0.39 is 18.2 Å². The van der Waals surface area contributed by atoms with E-state index in [1.165, 1.54) is 30.3 Å². The molecule has 1 N–H and O–H groups in total. The summed E-state index contributed by atoms with van der Waals surface area (Å²) in [5.74, 6) is -1.47. The van der Waals surface area contributed by atoms with Gasteiger partial charge >= 0.3 is 0 Å². The predicted octanol–water partition coefficient (Wildman–Crippen LogP) is 3.12. The number of ether oxygens (including phenoxy) is 1. The van der Waals surface area contributed by atoms with Crippen molar-refractivity contribution in [3.63, 3.8) is 0 Å². The van der Waals surface area contributed by atoms with Crippen LogP contribution in [0.4, 0.5) is 8.78 Å². The minimum atomic E-state index is -0.729. The number of aliphatic hydroxyl groups is 1. The van der Waals surface area contributed by atoms with Crippen molar-refractivity contribution in [3.8, 4) is 17.6 Å². The number of nitrogens with zero attached hydrogens (tertiary/aromatic N) is 1. The third-order valence-corrected chi connectivity index (χ3v) is 2.51. The number of nitriles is 1. The first-order chi connectivity index (χ1) is 9.15. The van der Waals surface area contributed by atoms with Crippen LogP contribution in [0.1, 0.15) is 11.1 Å². The molecule has 0 unspecified atom stereocenters. The van der Waals surface area contributed by atoms with E-state index in [4.69, 9.17) is 15.1 Å². The molecule has 19 heavy (non-hydrogen) atoms. The van der Waals surface area contributed by atoms with Gasteiger partial charge < -0.3 is 9.84 Å². The lowest BCUT2D eigenvalue weighted by Crippen LogP contribution is -1.97. The molecule has 0 spiro atoms. The highest BCUT2D eigenvalue weighted by atomic mass is 19.1. The first kappa shape index (κ1) is 13.0. The van der Waals surface area contributed by atoms with Gasteiger partial charge in [0.2, 0.25) is 0 Å². The molecular weight excluding hydrogens is 252 g/mol. The van der Waals surface area contributed by atoms with Crippen LogP contribution in [-0.2, 0) is 6.61 Å². The van der Waals surface area contributed by atoms with Crippen molar-refractivity contribution in [2.24, 2.45) is 0 Å². The summed E-state index contributed by atoms with van der Waals surface area (Å²) < 4.78 is 32.2. The van der Waals surface area contributed by atoms with Gasteiger partial charge in [0.1, 0.15) is 11.6 Å². The Kier molecular flexibility index (Phi) is 3.74.